The number of nitrogens with zero attached hydrogens (tertiary/aromatic N) is 3. The van der Waals surface area contributed by atoms with Gasteiger partial charge in [0.15, 0.2) is 6.04 Å². The number of amides is 1. The summed E-state index contributed by atoms with van der Waals surface area (Å²) in [4.78, 5) is 23.4. The number of carbonyl (C=O) groups is 2. The van der Waals surface area contributed by atoms with Crippen LogP contribution in [0.5, 0.6) is 0 Å². The Labute approximate surface area is 150 Å². The molecular formula is C15H20N5O5S+. The zero-order valence-corrected chi connectivity index (χ0v) is 15.1. The summed E-state index contributed by atoms with van der Waals surface area (Å²) in [6.07, 6.45) is 1.47. The number of carboxylic acids is 1. The number of hydrogen-bond donors (Lipinski definition) is 3. The molecule has 1 amide bonds. The van der Waals surface area contributed by atoms with E-state index in [1.807, 2.05) is 0 Å². The SMILES string of the molecule is CC(C)C(C(=O)O)n1cc(CNC(=O)c2ccc(S([NH3+])(=O)=O)cc2)nn1. The van der Waals surface area contributed by atoms with Crippen molar-refractivity contribution in [1.29, 1.82) is 0 Å². The van der Waals surface area contributed by atoms with E-state index in [4.69, 9.17) is 0 Å². The standard InChI is InChI=1S/C15H19N5O5S/c1-9(2)13(15(22)23)20-8-11(18-19-20)7-17-14(21)10-3-5-12(6-4-10)26(16,24)25/h3-6,8-9,13H,7H2,1-2H3,(H,17,21)(H,22,23)(H2,16,24,25)/p+1. The lowest BCUT2D eigenvalue weighted by molar-refractivity contribution is -0.165. The minimum atomic E-state index is -3.57. The summed E-state index contributed by atoms with van der Waals surface area (Å²) in [5.74, 6) is -1.62. The summed E-state index contributed by atoms with van der Waals surface area (Å²) in [6.45, 7) is 3.58. The van der Waals surface area contributed by atoms with Gasteiger partial charge in [-0.05, 0) is 30.2 Å². The van der Waals surface area contributed by atoms with Crippen LogP contribution in [-0.2, 0) is 21.4 Å². The highest BCUT2D eigenvalue weighted by Crippen LogP contribution is 2.16. The number of aromatic nitrogens is 3. The van der Waals surface area contributed by atoms with Crippen LogP contribution in [0.4, 0.5) is 0 Å². The summed E-state index contributed by atoms with van der Waals surface area (Å²) in [5.41, 5.74) is 0.678. The van der Waals surface area contributed by atoms with Gasteiger partial charge in [0.2, 0.25) is 0 Å². The topological polar surface area (TPSA) is 159 Å². The summed E-state index contributed by atoms with van der Waals surface area (Å²) in [5, 5.41) is 22.6. The molecule has 5 N–H and O–H groups in total. The largest absolute Gasteiger partial charge is 0.480 e. The van der Waals surface area contributed by atoms with Gasteiger partial charge in [0.05, 0.1) is 12.7 Å². The molecule has 1 heterocycles. The zero-order valence-electron chi connectivity index (χ0n) is 14.3. The molecule has 2 aromatic rings. The van der Waals surface area contributed by atoms with E-state index in [-0.39, 0.29) is 22.9 Å². The van der Waals surface area contributed by atoms with Crippen molar-refractivity contribution in [1.82, 2.24) is 20.3 Å². The Morgan fingerprint density at radius 3 is 2.38 bits per heavy atom. The average molecular weight is 382 g/mol. The highest BCUT2D eigenvalue weighted by Gasteiger charge is 2.25. The average Bonchev–Trinajstić information content (AvgIpc) is 2.99. The zero-order chi connectivity index (χ0) is 19.5. The molecule has 10 nitrogen and oxygen atoms in total. The Morgan fingerprint density at radius 1 is 1.27 bits per heavy atom. The van der Waals surface area contributed by atoms with E-state index < -0.39 is 27.9 Å². The number of quaternary nitrogens is 1. The van der Waals surface area contributed by atoms with E-state index in [2.05, 4.69) is 20.8 Å². The van der Waals surface area contributed by atoms with Crippen LogP contribution in [0.25, 0.3) is 0 Å². The number of carbonyl (C=O) groups excluding carboxylic acids is 1. The first-order chi connectivity index (χ1) is 12.1. The highest BCUT2D eigenvalue weighted by atomic mass is 32.2. The molecular weight excluding hydrogens is 362 g/mol. The molecule has 0 aliphatic carbocycles. The van der Waals surface area contributed by atoms with Crippen LogP contribution in [0, 0.1) is 5.92 Å². The molecule has 140 valence electrons. The minimum absolute atomic E-state index is 0.0189. The van der Waals surface area contributed by atoms with Crippen molar-refractivity contribution in [2.45, 2.75) is 31.3 Å². The van der Waals surface area contributed by atoms with E-state index in [0.29, 0.717) is 5.69 Å². The summed E-state index contributed by atoms with van der Waals surface area (Å²) in [6, 6.07) is 4.51. The number of hydrogen-bond acceptors (Lipinski definition) is 6. The predicted octanol–water partition coefficient (Wildman–Crippen LogP) is -0.580. The second-order valence-electron chi connectivity index (χ2n) is 6.04. The molecule has 11 heteroatoms. The third-order valence-electron chi connectivity index (χ3n) is 3.63. The number of aliphatic carboxylic acids is 1. The Bertz CT molecular complexity index is 905. The second-order valence-corrected chi connectivity index (χ2v) is 7.74. The third-order valence-corrected chi connectivity index (χ3v) is 4.62. The van der Waals surface area contributed by atoms with Crippen molar-refractivity contribution in [3.63, 3.8) is 0 Å². The van der Waals surface area contributed by atoms with Gasteiger partial charge in [-0.1, -0.05) is 19.1 Å². The third kappa shape index (κ3) is 4.64. The fraction of sp³-hybridized carbons (Fsp3) is 0.333. The molecule has 0 spiro atoms. The Kier molecular flexibility index (Phi) is 5.73. The molecule has 0 saturated carbocycles. The van der Waals surface area contributed by atoms with Crippen LogP contribution in [0.3, 0.4) is 0 Å². The number of carboxylic acid groups (broad SMARTS) is 1. The molecule has 0 fully saturated rings. The monoisotopic (exact) mass is 382 g/mol. The maximum atomic E-state index is 12.1. The lowest BCUT2D eigenvalue weighted by Crippen LogP contribution is -2.56. The number of rotatable bonds is 7. The second kappa shape index (κ2) is 7.62. The first-order valence-electron chi connectivity index (χ1n) is 7.69. The lowest BCUT2D eigenvalue weighted by atomic mass is 10.1. The maximum Gasteiger partial charge on any atom is 0.328 e. The molecule has 1 aromatic heterocycles. The lowest BCUT2D eigenvalue weighted by Gasteiger charge is -2.15. The van der Waals surface area contributed by atoms with Gasteiger partial charge in [-0.15, -0.1) is 5.10 Å². The normalized spacial score (nSPS) is 12.8. The van der Waals surface area contributed by atoms with Crippen LogP contribution < -0.4 is 10.5 Å². The molecule has 0 bridgehead atoms. The molecule has 0 aliphatic rings. The van der Waals surface area contributed by atoms with E-state index in [9.17, 15) is 23.1 Å². The van der Waals surface area contributed by atoms with E-state index in [1.54, 1.807) is 13.8 Å². The first-order valence-corrected chi connectivity index (χ1v) is 9.34. The van der Waals surface area contributed by atoms with E-state index >= 15 is 0 Å². The Balaban J connectivity index is 2.03. The summed E-state index contributed by atoms with van der Waals surface area (Å²) in [7, 11) is -3.57. The van der Waals surface area contributed by atoms with Crippen molar-refractivity contribution >= 4 is 21.9 Å². The number of sulfonamides is 1. The van der Waals surface area contributed by atoms with Gasteiger partial charge >= 0.3 is 16.0 Å². The van der Waals surface area contributed by atoms with Crippen molar-refractivity contribution in [3.05, 3.63) is 41.7 Å². The fourth-order valence-corrected chi connectivity index (χ4v) is 2.87. The quantitative estimate of drug-likeness (QED) is 0.577. The van der Waals surface area contributed by atoms with Gasteiger partial charge in [0, 0.05) is 5.56 Å². The Hall–Kier alpha value is -2.79. The van der Waals surface area contributed by atoms with Gasteiger partial charge in [-0.3, -0.25) is 4.79 Å². The molecule has 2 rings (SSSR count). The van der Waals surface area contributed by atoms with Crippen molar-refractivity contribution < 1.29 is 28.3 Å². The van der Waals surface area contributed by atoms with Gasteiger partial charge in [0.1, 0.15) is 10.6 Å². The number of nitrogens with one attached hydrogen (secondary N) is 1. The first kappa shape index (κ1) is 19.5. The minimum Gasteiger partial charge on any atom is -0.480 e. The van der Waals surface area contributed by atoms with Crippen molar-refractivity contribution in [2.24, 2.45) is 5.92 Å². The van der Waals surface area contributed by atoms with Crippen LogP contribution in [0.1, 0.15) is 35.9 Å². The summed E-state index contributed by atoms with van der Waals surface area (Å²) >= 11 is 0. The van der Waals surface area contributed by atoms with Gasteiger partial charge < -0.3 is 10.4 Å². The van der Waals surface area contributed by atoms with Gasteiger partial charge in [-0.2, -0.15) is 8.42 Å². The highest BCUT2D eigenvalue weighted by molar-refractivity contribution is 7.84. The Morgan fingerprint density at radius 2 is 1.88 bits per heavy atom. The van der Waals surface area contributed by atoms with Crippen molar-refractivity contribution in [3.8, 4) is 0 Å². The smallest absolute Gasteiger partial charge is 0.328 e. The maximum absolute atomic E-state index is 12.1. The molecule has 26 heavy (non-hydrogen) atoms. The molecule has 0 aliphatic heterocycles. The van der Waals surface area contributed by atoms with E-state index in [1.165, 1.54) is 35.1 Å². The van der Waals surface area contributed by atoms with Crippen molar-refractivity contribution in [2.75, 3.05) is 0 Å². The van der Waals surface area contributed by atoms with Gasteiger partial charge in [0.25, 0.3) is 5.91 Å². The van der Waals surface area contributed by atoms with Crippen LogP contribution in [0.2, 0.25) is 0 Å². The van der Waals surface area contributed by atoms with Crippen LogP contribution in [0.15, 0.2) is 35.4 Å². The molecule has 1 aromatic carbocycles. The van der Waals surface area contributed by atoms with Gasteiger partial charge in [-0.25, -0.2) is 14.6 Å². The molecule has 1 unspecified atom stereocenters. The molecule has 0 saturated heterocycles. The predicted molar refractivity (Wildman–Crippen MR) is 89.2 cm³/mol. The van der Waals surface area contributed by atoms with E-state index in [0.717, 1.165) is 0 Å². The number of benzene rings is 1. The van der Waals surface area contributed by atoms with Crippen LogP contribution in [-0.4, -0.2) is 40.4 Å². The molecule has 0 radical (unpaired) electrons. The molecule has 1 atom stereocenters. The van der Waals surface area contributed by atoms with Crippen LogP contribution >= 0.6 is 0 Å². The fourth-order valence-electron chi connectivity index (χ4n) is 2.32. The summed E-state index contributed by atoms with van der Waals surface area (Å²) < 4.78 is 23.9.